The van der Waals surface area contributed by atoms with Gasteiger partial charge in [-0.1, -0.05) is 37.6 Å². The second-order valence-electron chi connectivity index (χ2n) is 6.20. The molecule has 0 unspecified atom stereocenters. The zero-order valence-corrected chi connectivity index (χ0v) is 10.5. The molecule has 84 valence electrons. The second kappa shape index (κ2) is 3.81. The number of rotatable bonds is 0. The standard InChI is InChI=1S/C15H24/c1-11-7-8-13-12(2)6-5-9-15(3,4)14(13)10-11/h7,13-14H,2,5-6,8-10H2,1,3-4H3/t13-,14-/m0/s1. The van der Waals surface area contributed by atoms with Crippen LogP contribution in [0.4, 0.5) is 0 Å². The summed E-state index contributed by atoms with van der Waals surface area (Å²) in [4.78, 5) is 0. The van der Waals surface area contributed by atoms with Crippen LogP contribution in [0.2, 0.25) is 0 Å². The Labute approximate surface area is 94.5 Å². The normalized spacial score (nSPS) is 35.4. The minimum atomic E-state index is 0.514. The van der Waals surface area contributed by atoms with Crippen LogP contribution in [0.25, 0.3) is 0 Å². The predicted octanol–water partition coefficient (Wildman–Crippen LogP) is 4.73. The number of fused-ring (bicyclic) bond motifs is 1. The smallest absolute Gasteiger partial charge is 0.0135 e. The highest BCUT2D eigenvalue weighted by atomic mass is 14.4. The number of hydrogen-bond donors (Lipinski definition) is 0. The van der Waals surface area contributed by atoms with Gasteiger partial charge in [0.15, 0.2) is 0 Å². The third-order valence-corrected chi connectivity index (χ3v) is 4.59. The third-order valence-electron chi connectivity index (χ3n) is 4.59. The highest BCUT2D eigenvalue weighted by molar-refractivity contribution is 5.17. The minimum absolute atomic E-state index is 0.514. The molecule has 15 heavy (non-hydrogen) atoms. The molecule has 0 aliphatic heterocycles. The van der Waals surface area contributed by atoms with Gasteiger partial charge in [0.1, 0.15) is 0 Å². The van der Waals surface area contributed by atoms with E-state index in [1.54, 1.807) is 5.57 Å². The van der Waals surface area contributed by atoms with E-state index in [1.807, 2.05) is 0 Å². The Balaban J connectivity index is 2.30. The van der Waals surface area contributed by atoms with E-state index in [4.69, 9.17) is 0 Å². The van der Waals surface area contributed by atoms with E-state index in [9.17, 15) is 0 Å². The first-order chi connectivity index (χ1) is 7.00. The van der Waals surface area contributed by atoms with E-state index in [0.29, 0.717) is 5.41 Å². The van der Waals surface area contributed by atoms with Crippen LogP contribution in [0.1, 0.15) is 52.9 Å². The first-order valence-electron chi connectivity index (χ1n) is 6.34. The molecular weight excluding hydrogens is 180 g/mol. The van der Waals surface area contributed by atoms with E-state index in [-0.39, 0.29) is 0 Å². The van der Waals surface area contributed by atoms with Crippen LogP contribution in [-0.4, -0.2) is 0 Å². The van der Waals surface area contributed by atoms with Crippen molar-refractivity contribution in [3.63, 3.8) is 0 Å². The van der Waals surface area contributed by atoms with Crippen LogP contribution in [0.5, 0.6) is 0 Å². The highest BCUT2D eigenvalue weighted by Crippen LogP contribution is 2.50. The molecule has 0 bridgehead atoms. The molecule has 0 aromatic heterocycles. The van der Waals surface area contributed by atoms with Gasteiger partial charge in [0.2, 0.25) is 0 Å². The van der Waals surface area contributed by atoms with Crippen molar-refractivity contribution in [2.45, 2.75) is 52.9 Å². The second-order valence-corrected chi connectivity index (χ2v) is 6.20. The average Bonchev–Trinajstić information content (AvgIpc) is 2.26. The molecule has 0 aromatic carbocycles. The van der Waals surface area contributed by atoms with Gasteiger partial charge >= 0.3 is 0 Å². The molecule has 1 fully saturated rings. The maximum Gasteiger partial charge on any atom is -0.0135 e. The van der Waals surface area contributed by atoms with Crippen LogP contribution in [0.15, 0.2) is 23.8 Å². The van der Waals surface area contributed by atoms with Crippen LogP contribution in [0.3, 0.4) is 0 Å². The Bertz CT molecular complexity index is 293. The van der Waals surface area contributed by atoms with Gasteiger partial charge < -0.3 is 0 Å². The topological polar surface area (TPSA) is 0 Å². The molecule has 0 N–H and O–H groups in total. The lowest BCUT2D eigenvalue weighted by Gasteiger charge is -2.40. The van der Waals surface area contributed by atoms with Gasteiger partial charge in [-0.15, -0.1) is 0 Å². The fraction of sp³-hybridized carbons (Fsp3) is 0.733. The molecule has 0 heteroatoms. The Hall–Kier alpha value is -0.520. The summed E-state index contributed by atoms with van der Waals surface area (Å²) in [5, 5.41) is 0. The lowest BCUT2D eigenvalue weighted by atomic mass is 9.64. The van der Waals surface area contributed by atoms with Crippen molar-refractivity contribution in [2.24, 2.45) is 17.3 Å². The maximum atomic E-state index is 4.32. The zero-order valence-electron chi connectivity index (χ0n) is 10.5. The summed E-state index contributed by atoms with van der Waals surface area (Å²) in [6, 6.07) is 0. The molecule has 2 atom stereocenters. The number of allylic oxidation sites excluding steroid dienone is 3. The van der Waals surface area contributed by atoms with E-state index in [0.717, 1.165) is 11.8 Å². The average molecular weight is 204 g/mol. The Morgan fingerprint density at radius 1 is 1.40 bits per heavy atom. The summed E-state index contributed by atoms with van der Waals surface area (Å²) in [6.45, 7) is 11.5. The van der Waals surface area contributed by atoms with E-state index in [2.05, 4.69) is 33.4 Å². The Morgan fingerprint density at radius 3 is 2.87 bits per heavy atom. The van der Waals surface area contributed by atoms with Crippen molar-refractivity contribution in [3.05, 3.63) is 23.8 Å². The molecule has 0 nitrogen and oxygen atoms in total. The molecule has 2 rings (SSSR count). The molecule has 1 saturated carbocycles. The van der Waals surface area contributed by atoms with Gasteiger partial charge in [-0.2, -0.15) is 0 Å². The summed E-state index contributed by atoms with van der Waals surface area (Å²) in [5.41, 5.74) is 3.63. The Morgan fingerprint density at radius 2 is 2.13 bits per heavy atom. The van der Waals surface area contributed by atoms with Gasteiger partial charge in [0.25, 0.3) is 0 Å². The van der Waals surface area contributed by atoms with Gasteiger partial charge in [0.05, 0.1) is 0 Å². The van der Waals surface area contributed by atoms with Crippen LogP contribution < -0.4 is 0 Å². The lowest BCUT2D eigenvalue weighted by molar-refractivity contribution is 0.148. The fourth-order valence-electron chi connectivity index (χ4n) is 3.48. The quantitative estimate of drug-likeness (QED) is 0.501. The van der Waals surface area contributed by atoms with Crippen LogP contribution in [0, 0.1) is 17.3 Å². The summed E-state index contributed by atoms with van der Waals surface area (Å²) >= 11 is 0. The SMILES string of the molecule is C=C1CCCC(C)(C)[C@H]2CC(C)=CC[C@@H]12. The number of hydrogen-bond acceptors (Lipinski definition) is 0. The first kappa shape index (κ1) is 11.0. The summed E-state index contributed by atoms with van der Waals surface area (Å²) in [6.07, 6.45) is 8.97. The molecule has 0 spiro atoms. The zero-order chi connectivity index (χ0) is 11.1. The molecule has 0 amide bonds. The van der Waals surface area contributed by atoms with Crippen LogP contribution in [-0.2, 0) is 0 Å². The van der Waals surface area contributed by atoms with Crippen molar-refractivity contribution >= 4 is 0 Å². The van der Waals surface area contributed by atoms with Gasteiger partial charge in [-0.25, -0.2) is 0 Å². The van der Waals surface area contributed by atoms with E-state index < -0.39 is 0 Å². The summed E-state index contributed by atoms with van der Waals surface area (Å²) < 4.78 is 0. The van der Waals surface area contributed by atoms with Crippen molar-refractivity contribution in [1.82, 2.24) is 0 Å². The van der Waals surface area contributed by atoms with Gasteiger partial charge in [-0.3, -0.25) is 0 Å². The molecule has 0 heterocycles. The predicted molar refractivity (Wildman–Crippen MR) is 66.7 cm³/mol. The van der Waals surface area contributed by atoms with E-state index in [1.165, 1.54) is 37.7 Å². The molecule has 2 aliphatic carbocycles. The monoisotopic (exact) mass is 204 g/mol. The molecular formula is C15H24. The largest absolute Gasteiger partial charge is 0.0996 e. The summed E-state index contributed by atoms with van der Waals surface area (Å²) in [7, 11) is 0. The van der Waals surface area contributed by atoms with Crippen molar-refractivity contribution in [2.75, 3.05) is 0 Å². The van der Waals surface area contributed by atoms with Gasteiger partial charge in [0, 0.05) is 0 Å². The third kappa shape index (κ3) is 2.04. The molecule has 0 aromatic rings. The van der Waals surface area contributed by atoms with Crippen molar-refractivity contribution < 1.29 is 0 Å². The van der Waals surface area contributed by atoms with E-state index >= 15 is 0 Å². The highest BCUT2D eigenvalue weighted by Gasteiger charge is 2.39. The summed E-state index contributed by atoms with van der Waals surface area (Å²) in [5.74, 6) is 1.61. The van der Waals surface area contributed by atoms with Crippen LogP contribution >= 0.6 is 0 Å². The molecule has 0 saturated heterocycles. The maximum absolute atomic E-state index is 4.32. The molecule has 2 aliphatic rings. The first-order valence-corrected chi connectivity index (χ1v) is 6.34. The van der Waals surface area contributed by atoms with Crippen molar-refractivity contribution in [1.29, 1.82) is 0 Å². The molecule has 0 radical (unpaired) electrons. The minimum Gasteiger partial charge on any atom is -0.0996 e. The van der Waals surface area contributed by atoms with Crippen molar-refractivity contribution in [3.8, 4) is 0 Å². The fourth-order valence-corrected chi connectivity index (χ4v) is 3.48. The Kier molecular flexibility index (Phi) is 2.79. The lowest BCUT2D eigenvalue weighted by Crippen LogP contribution is -2.31. The van der Waals surface area contributed by atoms with Gasteiger partial charge in [-0.05, 0) is 56.3 Å².